The van der Waals surface area contributed by atoms with Gasteiger partial charge in [-0.05, 0) is 77.4 Å². The van der Waals surface area contributed by atoms with Gasteiger partial charge in [0.05, 0.1) is 28.2 Å². The number of hydrogen-bond acceptors (Lipinski definition) is 1. The van der Waals surface area contributed by atoms with Gasteiger partial charge in [-0.2, -0.15) is 0 Å². The maximum Gasteiger partial charge on any atom is 0.341 e. The Hall–Kier alpha value is -4.56. The van der Waals surface area contributed by atoms with Crippen LogP contribution in [0.1, 0.15) is 49.7 Å². The molecule has 0 aliphatic rings. The minimum Gasteiger partial charge on any atom is -0.477 e. The van der Waals surface area contributed by atoms with Gasteiger partial charge in [-0.25, -0.2) is 4.79 Å². The number of carboxylic acids is 1. The van der Waals surface area contributed by atoms with Crippen LogP contribution in [-0.2, 0) is 0 Å². The van der Waals surface area contributed by atoms with Crippen molar-refractivity contribution in [2.75, 3.05) is 0 Å². The summed E-state index contributed by atoms with van der Waals surface area (Å²) in [6, 6.07) is 46.6. The van der Waals surface area contributed by atoms with E-state index >= 15 is 0 Å². The Labute approximate surface area is 206 Å². The van der Waals surface area contributed by atoms with E-state index in [4.69, 9.17) is 0 Å². The lowest BCUT2D eigenvalue weighted by atomic mass is 9.79. The zero-order chi connectivity index (χ0) is 24.0. The standard InChI is InChI=1S/C33H24O2/c34-33(35)30-22-28(31(24-13-5-1-6-14-24)25-15-7-2-8-16-25)21-29(23-30)32(26-17-9-3-10-18-26)27-19-11-4-12-20-27/h1-23,31H/p+1. The van der Waals surface area contributed by atoms with Gasteiger partial charge in [0.1, 0.15) is 0 Å². The zero-order valence-corrected chi connectivity index (χ0v) is 19.2. The predicted octanol–water partition coefficient (Wildman–Crippen LogP) is 7.58. The SMILES string of the molecule is O=C(O)c1cc([C+](c2ccccc2)c2ccccc2)cc(C(c2ccccc2)c2ccccc2)c1. The molecular weight excluding hydrogens is 428 g/mol. The monoisotopic (exact) mass is 453 g/mol. The molecule has 1 N–H and O–H groups in total. The van der Waals surface area contributed by atoms with E-state index < -0.39 is 5.97 Å². The molecule has 0 heterocycles. The topological polar surface area (TPSA) is 37.3 Å². The summed E-state index contributed by atoms with van der Waals surface area (Å²) in [5.74, 6) is -0.0212. The summed E-state index contributed by atoms with van der Waals surface area (Å²) in [6.45, 7) is 0. The van der Waals surface area contributed by atoms with Crippen molar-refractivity contribution in [2.45, 2.75) is 5.92 Å². The third kappa shape index (κ3) is 4.87. The first-order valence-electron chi connectivity index (χ1n) is 11.7. The van der Waals surface area contributed by atoms with Crippen molar-refractivity contribution in [1.82, 2.24) is 0 Å². The van der Waals surface area contributed by atoms with Crippen LogP contribution in [0, 0.1) is 5.92 Å². The lowest BCUT2D eigenvalue weighted by molar-refractivity contribution is 0.0696. The molecule has 0 amide bonds. The molecule has 0 spiro atoms. The molecule has 5 aromatic carbocycles. The first kappa shape index (κ1) is 22.2. The molecule has 0 fully saturated rings. The van der Waals surface area contributed by atoms with Crippen molar-refractivity contribution in [3.05, 3.63) is 184 Å². The van der Waals surface area contributed by atoms with Crippen LogP contribution in [-0.4, -0.2) is 11.1 Å². The van der Waals surface area contributed by atoms with Gasteiger partial charge in [0.2, 0.25) is 0 Å². The third-order valence-corrected chi connectivity index (χ3v) is 6.22. The van der Waals surface area contributed by atoms with Crippen molar-refractivity contribution in [3.8, 4) is 0 Å². The lowest BCUT2D eigenvalue weighted by Crippen LogP contribution is -2.11. The largest absolute Gasteiger partial charge is 0.477 e. The second-order valence-electron chi connectivity index (χ2n) is 8.51. The number of benzene rings is 5. The van der Waals surface area contributed by atoms with E-state index in [1.165, 1.54) is 0 Å². The van der Waals surface area contributed by atoms with Gasteiger partial charge in [-0.3, -0.25) is 0 Å². The van der Waals surface area contributed by atoms with Gasteiger partial charge in [-0.15, -0.1) is 0 Å². The number of aromatic carboxylic acids is 1. The maximum atomic E-state index is 12.3. The highest BCUT2D eigenvalue weighted by atomic mass is 16.4. The second-order valence-corrected chi connectivity index (χ2v) is 8.51. The number of hydrogen-bond donors (Lipinski definition) is 1. The summed E-state index contributed by atoms with van der Waals surface area (Å²) in [6.07, 6.45) is 0. The predicted molar refractivity (Wildman–Crippen MR) is 141 cm³/mol. The maximum absolute atomic E-state index is 12.3. The van der Waals surface area contributed by atoms with Crippen molar-refractivity contribution < 1.29 is 9.90 Å². The van der Waals surface area contributed by atoms with E-state index in [1.807, 2.05) is 78.9 Å². The number of carboxylic acid groups (broad SMARTS) is 1. The third-order valence-electron chi connectivity index (χ3n) is 6.22. The van der Waals surface area contributed by atoms with Crippen LogP contribution in [0.15, 0.2) is 140 Å². The smallest absolute Gasteiger partial charge is 0.341 e. The number of carbonyl (C=O) groups is 1. The molecule has 0 saturated carbocycles. The summed E-state index contributed by atoms with van der Waals surface area (Å²) in [5, 5.41) is 10.1. The van der Waals surface area contributed by atoms with Crippen molar-refractivity contribution in [2.24, 2.45) is 0 Å². The molecule has 0 unspecified atom stereocenters. The fourth-order valence-electron chi connectivity index (χ4n) is 4.66. The highest BCUT2D eigenvalue weighted by Crippen LogP contribution is 2.37. The van der Waals surface area contributed by atoms with Crippen molar-refractivity contribution in [3.63, 3.8) is 0 Å². The Morgan fingerprint density at radius 1 is 0.514 bits per heavy atom. The number of rotatable bonds is 7. The highest BCUT2D eigenvalue weighted by Gasteiger charge is 2.27. The van der Waals surface area contributed by atoms with E-state index in [1.54, 1.807) is 6.07 Å². The summed E-state index contributed by atoms with van der Waals surface area (Å²) >= 11 is 0. The molecule has 2 heteroatoms. The molecule has 2 nitrogen and oxygen atoms in total. The van der Waals surface area contributed by atoms with Gasteiger partial charge in [0, 0.05) is 12.0 Å². The molecule has 0 radical (unpaired) electrons. The molecule has 0 bridgehead atoms. The highest BCUT2D eigenvalue weighted by molar-refractivity contribution is 5.88. The molecule has 168 valence electrons. The normalized spacial score (nSPS) is 10.8. The fraction of sp³-hybridized carbons (Fsp3) is 0.0303. The average Bonchev–Trinajstić information content (AvgIpc) is 2.91. The van der Waals surface area contributed by atoms with E-state index in [2.05, 4.69) is 54.6 Å². The minimum atomic E-state index is -0.937. The van der Waals surface area contributed by atoms with Gasteiger partial charge in [0.15, 0.2) is 0 Å². The van der Waals surface area contributed by atoms with Crippen LogP contribution in [0.2, 0.25) is 0 Å². The Balaban J connectivity index is 1.74. The molecular formula is C33H25O2+. The lowest BCUT2D eigenvalue weighted by Gasteiger charge is -2.21. The van der Waals surface area contributed by atoms with Gasteiger partial charge in [0.25, 0.3) is 0 Å². The molecule has 5 aromatic rings. The van der Waals surface area contributed by atoms with Gasteiger partial charge in [-0.1, -0.05) is 72.8 Å². The van der Waals surface area contributed by atoms with E-state index in [0.717, 1.165) is 39.3 Å². The summed E-state index contributed by atoms with van der Waals surface area (Å²) in [7, 11) is 0. The molecule has 35 heavy (non-hydrogen) atoms. The van der Waals surface area contributed by atoms with E-state index in [9.17, 15) is 9.90 Å². The Morgan fingerprint density at radius 3 is 1.37 bits per heavy atom. The van der Waals surface area contributed by atoms with Gasteiger partial charge >= 0.3 is 5.97 Å². The first-order valence-corrected chi connectivity index (χ1v) is 11.7. The Morgan fingerprint density at radius 2 is 0.943 bits per heavy atom. The molecule has 0 aliphatic heterocycles. The van der Waals surface area contributed by atoms with Crippen LogP contribution in [0.3, 0.4) is 0 Å². The van der Waals surface area contributed by atoms with Crippen molar-refractivity contribution >= 4 is 5.97 Å². The fourth-order valence-corrected chi connectivity index (χ4v) is 4.66. The van der Waals surface area contributed by atoms with Crippen molar-refractivity contribution in [1.29, 1.82) is 0 Å². The molecule has 5 rings (SSSR count). The van der Waals surface area contributed by atoms with Crippen LogP contribution in [0.4, 0.5) is 0 Å². The summed E-state index contributed by atoms with van der Waals surface area (Å²) < 4.78 is 0. The second kappa shape index (κ2) is 10.1. The van der Waals surface area contributed by atoms with E-state index in [0.29, 0.717) is 0 Å². The van der Waals surface area contributed by atoms with Crippen LogP contribution in [0.5, 0.6) is 0 Å². The average molecular weight is 454 g/mol. The molecule has 0 aromatic heterocycles. The summed E-state index contributed by atoms with van der Waals surface area (Å²) in [5.41, 5.74) is 6.43. The van der Waals surface area contributed by atoms with Gasteiger partial charge < -0.3 is 5.11 Å². The summed E-state index contributed by atoms with van der Waals surface area (Å²) in [4.78, 5) is 12.3. The van der Waals surface area contributed by atoms with Crippen LogP contribution < -0.4 is 0 Å². The zero-order valence-electron chi connectivity index (χ0n) is 19.2. The molecule has 0 atom stereocenters. The minimum absolute atomic E-state index is 0.0942. The molecule has 0 aliphatic carbocycles. The van der Waals surface area contributed by atoms with Crippen LogP contribution >= 0.6 is 0 Å². The van der Waals surface area contributed by atoms with Crippen LogP contribution in [0.25, 0.3) is 0 Å². The molecule has 0 saturated heterocycles. The van der Waals surface area contributed by atoms with E-state index in [-0.39, 0.29) is 11.5 Å². The first-order chi connectivity index (χ1) is 17.2. The Bertz CT molecular complexity index is 1220. The quantitative estimate of drug-likeness (QED) is 0.204. The Kier molecular flexibility index (Phi) is 6.45.